The first-order valence-corrected chi connectivity index (χ1v) is 7.36. The van der Waals surface area contributed by atoms with Gasteiger partial charge in [-0.3, -0.25) is 0 Å². The lowest BCUT2D eigenvalue weighted by molar-refractivity contribution is 0.655. The molecule has 0 aliphatic heterocycles. The number of rotatable bonds is 9. The lowest BCUT2D eigenvalue weighted by atomic mass is 10.0. The van der Waals surface area contributed by atoms with E-state index in [1.165, 1.54) is 41.6 Å². The zero-order valence-corrected chi connectivity index (χ0v) is 12.7. The number of hydrogen-bond acceptors (Lipinski definition) is 2. The molecule has 2 nitrogen and oxygen atoms in total. The second-order valence-electron chi connectivity index (χ2n) is 5.10. The van der Waals surface area contributed by atoms with E-state index in [9.17, 15) is 0 Å². The molecule has 0 aliphatic rings. The van der Waals surface area contributed by atoms with Crippen molar-refractivity contribution in [3.05, 3.63) is 35.9 Å². The van der Waals surface area contributed by atoms with Gasteiger partial charge in [-0.25, -0.2) is 0 Å². The molecule has 0 heterocycles. The third kappa shape index (κ3) is 5.48. The average molecular weight is 260 g/mol. The van der Waals surface area contributed by atoms with Crippen LogP contribution in [0.25, 0.3) is 5.57 Å². The van der Waals surface area contributed by atoms with E-state index in [4.69, 9.17) is 0 Å². The van der Waals surface area contributed by atoms with Crippen molar-refractivity contribution >= 4 is 11.3 Å². The fourth-order valence-corrected chi connectivity index (χ4v) is 2.12. The highest BCUT2D eigenvalue weighted by Gasteiger charge is 2.04. The smallest absolute Gasteiger partial charge is 0.0416 e. The SMILES string of the molecule is C=C(CC)c1cc(C)ccc1NCCCCCNC. The first-order valence-electron chi connectivity index (χ1n) is 7.36. The Hall–Kier alpha value is -1.28. The van der Waals surface area contributed by atoms with Gasteiger partial charge < -0.3 is 10.6 Å². The summed E-state index contributed by atoms with van der Waals surface area (Å²) in [4.78, 5) is 0. The molecule has 0 saturated carbocycles. The van der Waals surface area contributed by atoms with Crippen LogP contribution in [0.5, 0.6) is 0 Å². The van der Waals surface area contributed by atoms with Gasteiger partial charge in [0.05, 0.1) is 0 Å². The topological polar surface area (TPSA) is 24.1 Å². The van der Waals surface area contributed by atoms with Crippen LogP contribution in [-0.4, -0.2) is 20.1 Å². The second kappa shape index (κ2) is 8.76. The van der Waals surface area contributed by atoms with Crippen LogP contribution in [0.3, 0.4) is 0 Å². The van der Waals surface area contributed by atoms with E-state index >= 15 is 0 Å². The summed E-state index contributed by atoms with van der Waals surface area (Å²) in [6.07, 6.45) is 4.73. The number of nitrogens with one attached hydrogen (secondary N) is 2. The third-order valence-corrected chi connectivity index (χ3v) is 3.40. The zero-order valence-electron chi connectivity index (χ0n) is 12.7. The Balaban J connectivity index is 2.50. The van der Waals surface area contributed by atoms with Gasteiger partial charge in [0, 0.05) is 17.8 Å². The monoisotopic (exact) mass is 260 g/mol. The van der Waals surface area contributed by atoms with Crippen molar-refractivity contribution in [2.24, 2.45) is 0 Å². The fraction of sp³-hybridized carbons (Fsp3) is 0.529. The quantitative estimate of drug-likeness (QED) is 0.650. The summed E-state index contributed by atoms with van der Waals surface area (Å²) in [6, 6.07) is 6.57. The molecule has 2 heteroatoms. The number of anilines is 1. The molecule has 0 aromatic heterocycles. The van der Waals surface area contributed by atoms with Crippen LogP contribution >= 0.6 is 0 Å². The van der Waals surface area contributed by atoms with Crippen molar-refractivity contribution in [3.63, 3.8) is 0 Å². The molecule has 0 bridgehead atoms. The second-order valence-corrected chi connectivity index (χ2v) is 5.10. The summed E-state index contributed by atoms with van der Waals surface area (Å²) in [5, 5.41) is 6.73. The number of benzene rings is 1. The van der Waals surface area contributed by atoms with Gasteiger partial charge in [0.15, 0.2) is 0 Å². The molecule has 19 heavy (non-hydrogen) atoms. The number of allylic oxidation sites excluding steroid dienone is 1. The van der Waals surface area contributed by atoms with E-state index in [2.05, 4.69) is 49.3 Å². The summed E-state index contributed by atoms with van der Waals surface area (Å²) >= 11 is 0. The maximum Gasteiger partial charge on any atom is 0.0416 e. The van der Waals surface area contributed by atoms with Crippen molar-refractivity contribution < 1.29 is 0 Å². The fourth-order valence-electron chi connectivity index (χ4n) is 2.12. The first-order chi connectivity index (χ1) is 9.19. The number of aryl methyl sites for hydroxylation is 1. The molecule has 0 fully saturated rings. The van der Waals surface area contributed by atoms with Gasteiger partial charge in [0.25, 0.3) is 0 Å². The maximum absolute atomic E-state index is 4.17. The molecule has 0 unspecified atom stereocenters. The minimum Gasteiger partial charge on any atom is -0.385 e. The summed E-state index contributed by atoms with van der Waals surface area (Å²) in [6.45, 7) is 10.6. The highest BCUT2D eigenvalue weighted by Crippen LogP contribution is 2.26. The zero-order chi connectivity index (χ0) is 14.1. The van der Waals surface area contributed by atoms with Gasteiger partial charge in [-0.2, -0.15) is 0 Å². The Kier molecular flexibility index (Phi) is 7.27. The molecule has 0 amide bonds. The van der Waals surface area contributed by atoms with Gasteiger partial charge in [-0.05, 0) is 57.5 Å². The van der Waals surface area contributed by atoms with E-state index in [0.717, 1.165) is 19.5 Å². The van der Waals surface area contributed by atoms with E-state index in [0.29, 0.717) is 0 Å². The molecule has 0 atom stereocenters. The predicted octanol–water partition coefficient (Wildman–Crippen LogP) is 4.22. The lowest BCUT2D eigenvalue weighted by Gasteiger charge is -2.14. The van der Waals surface area contributed by atoms with Crippen molar-refractivity contribution in [1.82, 2.24) is 5.32 Å². The minimum atomic E-state index is 1.00. The summed E-state index contributed by atoms with van der Waals surface area (Å²) in [5.74, 6) is 0. The van der Waals surface area contributed by atoms with Gasteiger partial charge in [0.1, 0.15) is 0 Å². The van der Waals surface area contributed by atoms with Gasteiger partial charge in [-0.15, -0.1) is 0 Å². The van der Waals surface area contributed by atoms with Crippen LogP contribution < -0.4 is 10.6 Å². The molecule has 1 aromatic carbocycles. The third-order valence-electron chi connectivity index (χ3n) is 3.40. The molecule has 1 aromatic rings. The van der Waals surface area contributed by atoms with E-state index in [1.807, 2.05) is 7.05 Å². The number of unbranched alkanes of at least 4 members (excludes halogenated alkanes) is 2. The number of hydrogen-bond donors (Lipinski definition) is 2. The summed E-state index contributed by atoms with van der Waals surface area (Å²) in [5.41, 5.74) is 5.01. The average Bonchev–Trinajstić information content (AvgIpc) is 2.43. The molecule has 106 valence electrons. The lowest BCUT2D eigenvalue weighted by Crippen LogP contribution is -2.09. The Labute approximate surface area is 118 Å². The summed E-state index contributed by atoms with van der Waals surface area (Å²) < 4.78 is 0. The molecule has 1 rings (SSSR count). The standard InChI is InChI=1S/C17H28N2/c1-5-15(3)16-13-14(2)9-10-17(16)19-12-8-6-7-11-18-4/h9-10,13,18-19H,3,5-8,11-12H2,1-2,4H3. The van der Waals surface area contributed by atoms with Gasteiger partial charge in [-0.1, -0.05) is 31.6 Å². The van der Waals surface area contributed by atoms with E-state index < -0.39 is 0 Å². The van der Waals surface area contributed by atoms with Gasteiger partial charge >= 0.3 is 0 Å². The molecule has 0 spiro atoms. The molecular weight excluding hydrogens is 232 g/mol. The van der Waals surface area contributed by atoms with Crippen LogP contribution in [0.15, 0.2) is 24.8 Å². The molecule has 0 aliphatic carbocycles. The van der Waals surface area contributed by atoms with E-state index in [1.54, 1.807) is 0 Å². The molecule has 0 saturated heterocycles. The first kappa shape index (κ1) is 15.8. The maximum atomic E-state index is 4.17. The van der Waals surface area contributed by atoms with E-state index in [-0.39, 0.29) is 0 Å². The molecule has 0 radical (unpaired) electrons. The van der Waals surface area contributed by atoms with Crippen LogP contribution in [0.2, 0.25) is 0 Å². The Bertz CT molecular complexity index is 396. The normalized spacial score (nSPS) is 10.5. The Morgan fingerprint density at radius 3 is 2.58 bits per heavy atom. The van der Waals surface area contributed by atoms with Crippen molar-refractivity contribution in [2.45, 2.75) is 39.5 Å². The Morgan fingerprint density at radius 2 is 1.89 bits per heavy atom. The highest BCUT2D eigenvalue weighted by atomic mass is 14.9. The van der Waals surface area contributed by atoms with Crippen LogP contribution in [0, 0.1) is 6.92 Å². The minimum absolute atomic E-state index is 1.00. The predicted molar refractivity (Wildman–Crippen MR) is 86.8 cm³/mol. The van der Waals surface area contributed by atoms with Crippen molar-refractivity contribution in [3.8, 4) is 0 Å². The van der Waals surface area contributed by atoms with Crippen LogP contribution in [-0.2, 0) is 0 Å². The highest BCUT2D eigenvalue weighted by molar-refractivity contribution is 5.75. The van der Waals surface area contributed by atoms with Crippen molar-refractivity contribution in [2.75, 3.05) is 25.5 Å². The Morgan fingerprint density at radius 1 is 1.16 bits per heavy atom. The molecular formula is C17H28N2. The van der Waals surface area contributed by atoms with Crippen LogP contribution in [0.4, 0.5) is 5.69 Å². The molecule has 2 N–H and O–H groups in total. The van der Waals surface area contributed by atoms with Gasteiger partial charge in [0.2, 0.25) is 0 Å². The summed E-state index contributed by atoms with van der Waals surface area (Å²) in [7, 11) is 2.01. The van der Waals surface area contributed by atoms with Crippen molar-refractivity contribution in [1.29, 1.82) is 0 Å². The van der Waals surface area contributed by atoms with Crippen LogP contribution in [0.1, 0.15) is 43.7 Å². The largest absolute Gasteiger partial charge is 0.385 e.